The summed E-state index contributed by atoms with van der Waals surface area (Å²) in [6.45, 7) is 1.84. The summed E-state index contributed by atoms with van der Waals surface area (Å²) in [7, 11) is 1.49. The van der Waals surface area contributed by atoms with Crippen molar-refractivity contribution < 1.29 is 9.53 Å². The van der Waals surface area contributed by atoms with Crippen LogP contribution in [-0.4, -0.2) is 25.2 Å². The van der Waals surface area contributed by atoms with Crippen LogP contribution < -0.4 is 5.32 Å². The molecule has 3 rings (SSSR count). The van der Waals surface area contributed by atoms with Crippen LogP contribution in [0.15, 0.2) is 24.3 Å². The number of carbonyl (C=O) groups is 1. The van der Waals surface area contributed by atoms with Gasteiger partial charge in [-0.2, -0.15) is 0 Å². The zero-order valence-corrected chi connectivity index (χ0v) is 12.6. The molecular weight excluding hydrogens is 262 g/mol. The minimum atomic E-state index is -0.0877. The number of fused-ring (bicyclic) bond motifs is 2. The van der Waals surface area contributed by atoms with E-state index >= 15 is 0 Å². The Balaban J connectivity index is 1.90. The van der Waals surface area contributed by atoms with Crippen molar-refractivity contribution in [3.8, 4) is 11.8 Å². The minimum absolute atomic E-state index is 0.0724. The fraction of sp³-hybridized carbons (Fsp3) is 0.500. The molecule has 2 fully saturated rings. The first-order chi connectivity index (χ1) is 10.2. The number of esters is 1. The third kappa shape index (κ3) is 2.69. The Hall–Kier alpha value is -1.79. The van der Waals surface area contributed by atoms with Crippen LogP contribution in [0.2, 0.25) is 0 Å². The molecule has 1 aromatic rings. The van der Waals surface area contributed by atoms with E-state index < -0.39 is 0 Å². The first kappa shape index (κ1) is 14.2. The van der Waals surface area contributed by atoms with Gasteiger partial charge in [0.25, 0.3) is 0 Å². The number of nitrogens with one attached hydrogen (secondary N) is 1. The highest BCUT2D eigenvalue weighted by Crippen LogP contribution is 2.42. The van der Waals surface area contributed by atoms with Gasteiger partial charge in [-0.05, 0) is 43.9 Å². The van der Waals surface area contributed by atoms with Gasteiger partial charge in [-0.3, -0.25) is 4.79 Å². The number of piperidine rings is 1. The number of rotatable bonds is 2. The van der Waals surface area contributed by atoms with Gasteiger partial charge >= 0.3 is 5.97 Å². The molecule has 1 N–H and O–H groups in total. The molecule has 0 spiro atoms. The Bertz CT molecular complexity index is 581. The Morgan fingerprint density at radius 2 is 2.05 bits per heavy atom. The maximum absolute atomic E-state index is 12.2. The molecule has 0 saturated carbocycles. The monoisotopic (exact) mass is 283 g/mol. The lowest BCUT2D eigenvalue weighted by Gasteiger charge is -2.36. The average Bonchev–Trinajstić information content (AvgIpc) is 2.89. The van der Waals surface area contributed by atoms with Gasteiger partial charge in [0.1, 0.15) is 0 Å². The van der Waals surface area contributed by atoms with Gasteiger partial charge < -0.3 is 10.1 Å². The number of methoxy groups -OCH3 is 1. The average molecular weight is 283 g/mol. The summed E-state index contributed by atoms with van der Waals surface area (Å²) in [5, 5.41) is 3.56. The summed E-state index contributed by atoms with van der Waals surface area (Å²) in [6.07, 6.45) is 3.24. The second-order valence-electron chi connectivity index (χ2n) is 5.94. The van der Waals surface area contributed by atoms with Crippen molar-refractivity contribution in [3.05, 3.63) is 35.4 Å². The van der Waals surface area contributed by atoms with Crippen LogP contribution in [0.1, 0.15) is 43.2 Å². The predicted molar refractivity (Wildman–Crippen MR) is 81.8 cm³/mol. The van der Waals surface area contributed by atoms with Crippen molar-refractivity contribution in [2.75, 3.05) is 7.11 Å². The van der Waals surface area contributed by atoms with E-state index in [4.69, 9.17) is 4.74 Å². The zero-order chi connectivity index (χ0) is 14.8. The van der Waals surface area contributed by atoms with Gasteiger partial charge in [-0.15, -0.1) is 5.92 Å². The first-order valence-corrected chi connectivity index (χ1v) is 7.59. The lowest BCUT2D eigenvalue weighted by Crippen LogP contribution is -2.48. The van der Waals surface area contributed by atoms with Gasteiger partial charge in [-0.25, -0.2) is 0 Å². The molecule has 4 unspecified atom stereocenters. The molecule has 2 saturated heterocycles. The Morgan fingerprint density at radius 1 is 1.29 bits per heavy atom. The van der Waals surface area contributed by atoms with Crippen LogP contribution in [0.5, 0.6) is 0 Å². The van der Waals surface area contributed by atoms with Crippen molar-refractivity contribution in [2.45, 2.75) is 44.2 Å². The molecule has 21 heavy (non-hydrogen) atoms. The van der Waals surface area contributed by atoms with Gasteiger partial charge in [0.2, 0.25) is 0 Å². The predicted octanol–water partition coefficient (Wildman–Crippen LogP) is 2.46. The summed E-state index contributed by atoms with van der Waals surface area (Å²) < 4.78 is 5.05. The topological polar surface area (TPSA) is 38.3 Å². The van der Waals surface area contributed by atoms with Crippen LogP contribution in [0.3, 0.4) is 0 Å². The first-order valence-electron chi connectivity index (χ1n) is 7.59. The van der Waals surface area contributed by atoms with E-state index in [1.165, 1.54) is 12.7 Å². The van der Waals surface area contributed by atoms with Crippen molar-refractivity contribution in [1.82, 2.24) is 5.32 Å². The van der Waals surface area contributed by atoms with E-state index in [0.29, 0.717) is 6.04 Å². The van der Waals surface area contributed by atoms with Gasteiger partial charge in [0.15, 0.2) is 0 Å². The molecule has 0 aliphatic carbocycles. The molecule has 2 heterocycles. The number of ether oxygens (including phenoxy) is 1. The molecule has 0 radical (unpaired) electrons. The van der Waals surface area contributed by atoms with Crippen LogP contribution in [0.25, 0.3) is 0 Å². The van der Waals surface area contributed by atoms with E-state index in [1.54, 1.807) is 0 Å². The largest absolute Gasteiger partial charge is 0.469 e. The van der Waals surface area contributed by atoms with Gasteiger partial charge in [0, 0.05) is 23.6 Å². The number of benzene rings is 1. The molecular formula is C18H21NO2. The van der Waals surface area contributed by atoms with Gasteiger partial charge in [0.05, 0.1) is 13.0 Å². The fourth-order valence-corrected chi connectivity index (χ4v) is 3.82. The van der Waals surface area contributed by atoms with E-state index in [2.05, 4.69) is 29.3 Å². The second-order valence-corrected chi connectivity index (χ2v) is 5.94. The Labute approximate surface area is 126 Å². The van der Waals surface area contributed by atoms with Crippen molar-refractivity contribution in [2.24, 2.45) is 5.92 Å². The molecule has 3 heteroatoms. The number of hydrogen-bond donors (Lipinski definition) is 1. The molecule has 2 bridgehead atoms. The Morgan fingerprint density at radius 3 is 2.71 bits per heavy atom. The summed E-state index contributed by atoms with van der Waals surface area (Å²) in [5.74, 6) is 6.06. The Kier molecular flexibility index (Phi) is 3.98. The SMILES string of the molecule is CC#Cc1ccc(C2CC3CCC(N3)C2C(=O)OC)cc1. The standard InChI is InChI=1S/C18H21NO2/c1-3-4-12-5-7-13(8-6-12)15-11-14-9-10-16(19-14)17(15)18(20)21-2/h5-8,14-17,19H,9-11H2,1-2H3. The van der Waals surface area contributed by atoms with E-state index in [1.807, 2.05) is 19.1 Å². The number of hydrogen-bond acceptors (Lipinski definition) is 3. The third-order valence-electron chi connectivity index (χ3n) is 4.76. The zero-order valence-electron chi connectivity index (χ0n) is 12.6. The summed E-state index contributed by atoms with van der Waals surface area (Å²) in [4.78, 5) is 12.2. The highest BCUT2D eigenvalue weighted by Gasteiger charge is 2.46. The molecule has 4 atom stereocenters. The minimum Gasteiger partial charge on any atom is -0.469 e. The van der Waals surface area contributed by atoms with Crippen LogP contribution in [-0.2, 0) is 9.53 Å². The van der Waals surface area contributed by atoms with E-state index in [-0.39, 0.29) is 23.8 Å². The summed E-state index contributed by atoms with van der Waals surface area (Å²) >= 11 is 0. The lowest BCUT2D eigenvalue weighted by atomic mass is 9.77. The maximum atomic E-state index is 12.2. The molecule has 0 aromatic heterocycles. The smallest absolute Gasteiger partial charge is 0.310 e. The molecule has 110 valence electrons. The molecule has 1 aromatic carbocycles. The molecule has 2 aliphatic heterocycles. The molecule has 3 nitrogen and oxygen atoms in total. The number of carbonyl (C=O) groups excluding carboxylic acids is 1. The maximum Gasteiger partial charge on any atom is 0.310 e. The fourth-order valence-electron chi connectivity index (χ4n) is 3.82. The highest BCUT2D eigenvalue weighted by molar-refractivity contribution is 5.75. The van der Waals surface area contributed by atoms with Crippen LogP contribution in [0.4, 0.5) is 0 Å². The third-order valence-corrected chi connectivity index (χ3v) is 4.76. The van der Waals surface area contributed by atoms with Gasteiger partial charge in [-0.1, -0.05) is 18.1 Å². The van der Waals surface area contributed by atoms with E-state index in [9.17, 15) is 4.79 Å². The quantitative estimate of drug-likeness (QED) is 0.669. The highest BCUT2D eigenvalue weighted by atomic mass is 16.5. The molecule has 2 aliphatic rings. The van der Waals surface area contributed by atoms with Crippen LogP contribution in [0, 0.1) is 17.8 Å². The van der Waals surface area contributed by atoms with Crippen molar-refractivity contribution in [1.29, 1.82) is 0 Å². The van der Waals surface area contributed by atoms with Crippen molar-refractivity contribution in [3.63, 3.8) is 0 Å². The normalized spacial score (nSPS) is 30.4. The van der Waals surface area contributed by atoms with E-state index in [0.717, 1.165) is 24.8 Å². The van der Waals surface area contributed by atoms with Crippen LogP contribution >= 0.6 is 0 Å². The summed E-state index contributed by atoms with van der Waals surface area (Å²) in [6, 6.07) is 9.12. The van der Waals surface area contributed by atoms with Crippen molar-refractivity contribution >= 4 is 5.97 Å². The lowest BCUT2D eigenvalue weighted by molar-refractivity contribution is -0.148. The summed E-state index contributed by atoms with van der Waals surface area (Å²) in [5.41, 5.74) is 2.25. The second kappa shape index (κ2) is 5.91. The molecule has 0 amide bonds.